The van der Waals surface area contributed by atoms with Crippen LogP contribution in [0, 0.1) is 0 Å². The van der Waals surface area contributed by atoms with Gasteiger partial charge in [0.2, 0.25) is 5.88 Å². The van der Waals surface area contributed by atoms with Crippen LogP contribution in [-0.4, -0.2) is 33.3 Å². The van der Waals surface area contributed by atoms with E-state index in [2.05, 4.69) is 10.2 Å². The summed E-state index contributed by atoms with van der Waals surface area (Å²) in [6, 6.07) is 7.55. The predicted octanol–water partition coefficient (Wildman–Crippen LogP) is 1.91. The minimum absolute atomic E-state index is 0.135. The van der Waals surface area contributed by atoms with Gasteiger partial charge in [-0.3, -0.25) is 0 Å². The normalized spacial score (nSPS) is 17.1. The first kappa shape index (κ1) is 14.1. The zero-order chi connectivity index (χ0) is 14.8. The Labute approximate surface area is 123 Å². The number of ether oxygens (including phenoxy) is 1. The average Bonchev–Trinajstić information content (AvgIpc) is 2.55. The maximum atomic E-state index is 12.3. The molecule has 0 spiro atoms. The summed E-state index contributed by atoms with van der Waals surface area (Å²) in [5.74, 6) is 0.648. The summed E-state index contributed by atoms with van der Waals surface area (Å²) in [5, 5.41) is 4.83. The first-order valence-electron chi connectivity index (χ1n) is 7.26. The zero-order valence-electron chi connectivity index (χ0n) is 12.4. The molecule has 0 aliphatic carbocycles. The molecule has 0 amide bonds. The summed E-state index contributed by atoms with van der Waals surface area (Å²) in [6.07, 6.45) is -0.135. The van der Waals surface area contributed by atoms with Crippen molar-refractivity contribution in [2.24, 2.45) is 0 Å². The third-order valence-corrected chi connectivity index (χ3v) is 4.02. The third kappa shape index (κ3) is 2.54. The molecule has 1 aromatic heterocycles. The minimum atomic E-state index is -0.286. The van der Waals surface area contributed by atoms with Crippen LogP contribution in [0.4, 0.5) is 5.88 Å². The molecule has 0 radical (unpaired) electrons. The Morgan fingerprint density at radius 3 is 2.57 bits per heavy atom. The Bertz CT molecular complexity index is 689. The van der Waals surface area contributed by atoms with Crippen LogP contribution in [-0.2, 0) is 4.74 Å². The molecule has 2 heterocycles. The Balaban J connectivity index is 2.24. The molecule has 112 valence electrons. The number of methoxy groups -OCH3 is 1. The van der Waals surface area contributed by atoms with Crippen molar-refractivity contribution in [1.82, 2.24) is 5.32 Å². The van der Waals surface area contributed by atoms with Gasteiger partial charge in [-0.1, -0.05) is 18.2 Å². The van der Waals surface area contributed by atoms with Crippen molar-refractivity contribution in [3.8, 4) is 0 Å². The highest BCUT2D eigenvalue weighted by atomic mass is 16.5. The second-order valence-corrected chi connectivity index (χ2v) is 5.27. The van der Waals surface area contributed by atoms with Gasteiger partial charge < -0.3 is 19.4 Å². The molecule has 21 heavy (non-hydrogen) atoms. The molecule has 3 rings (SSSR count). The molecule has 1 unspecified atom stereocenters. The van der Waals surface area contributed by atoms with Crippen LogP contribution >= 0.6 is 0 Å². The fourth-order valence-corrected chi connectivity index (χ4v) is 2.82. The molecule has 5 nitrogen and oxygen atoms in total. The Hall–Kier alpha value is -1.85. The number of nitrogens with zero attached hydrogens (tertiary/aromatic N) is 1. The van der Waals surface area contributed by atoms with Gasteiger partial charge in [0.25, 0.3) is 0 Å². The summed E-state index contributed by atoms with van der Waals surface area (Å²) >= 11 is 0. The molecule has 5 heteroatoms. The smallest absolute Gasteiger partial charge is 0.345 e. The van der Waals surface area contributed by atoms with Gasteiger partial charge in [-0.25, -0.2) is 4.79 Å². The van der Waals surface area contributed by atoms with E-state index in [4.69, 9.17) is 9.15 Å². The molecular weight excluding hydrogens is 268 g/mol. The van der Waals surface area contributed by atoms with Gasteiger partial charge in [-0.15, -0.1) is 0 Å². The van der Waals surface area contributed by atoms with E-state index in [0.717, 1.165) is 37.1 Å². The van der Waals surface area contributed by atoms with Gasteiger partial charge in [0.05, 0.1) is 11.5 Å². The van der Waals surface area contributed by atoms with Crippen molar-refractivity contribution in [3.05, 3.63) is 40.2 Å². The van der Waals surface area contributed by atoms with Crippen LogP contribution in [0.15, 0.2) is 33.5 Å². The maximum absolute atomic E-state index is 12.3. The molecule has 2 aromatic rings. The van der Waals surface area contributed by atoms with Crippen molar-refractivity contribution in [2.75, 3.05) is 38.2 Å². The minimum Gasteiger partial charge on any atom is -0.406 e. The van der Waals surface area contributed by atoms with Crippen molar-refractivity contribution in [2.45, 2.75) is 13.0 Å². The van der Waals surface area contributed by atoms with E-state index in [1.54, 1.807) is 13.2 Å². The summed E-state index contributed by atoms with van der Waals surface area (Å²) in [5.41, 5.74) is 0.667. The summed E-state index contributed by atoms with van der Waals surface area (Å²) in [7, 11) is 1.67. The van der Waals surface area contributed by atoms with Crippen molar-refractivity contribution in [3.63, 3.8) is 0 Å². The molecule has 1 saturated heterocycles. The van der Waals surface area contributed by atoms with E-state index < -0.39 is 0 Å². The number of fused-ring (bicyclic) bond motifs is 1. The summed E-state index contributed by atoms with van der Waals surface area (Å²) < 4.78 is 11.2. The third-order valence-electron chi connectivity index (χ3n) is 4.02. The van der Waals surface area contributed by atoms with Gasteiger partial charge in [0.1, 0.15) is 0 Å². The topological polar surface area (TPSA) is 54.7 Å². The van der Waals surface area contributed by atoms with Crippen molar-refractivity contribution in [1.29, 1.82) is 0 Å². The van der Waals surface area contributed by atoms with Crippen molar-refractivity contribution >= 4 is 16.7 Å². The standard InChI is InChI=1S/C16H20N2O3/c1-11(20-2)14-12-5-3-4-6-13(12)16(19)21-15(14)18-9-7-17-8-10-18/h3-6,11,17H,7-10H2,1-2H3. The molecule has 1 aliphatic rings. The highest BCUT2D eigenvalue weighted by Gasteiger charge is 2.24. The van der Waals surface area contributed by atoms with Gasteiger partial charge >= 0.3 is 5.63 Å². The van der Waals surface area contributed by atoms with Gasteiger partial charge in [-0.05, 0) is 13.0 Å². The summed E-state index contributed by atoms with van der Waals surface area (Å²) in [6.45, 7) is 5.40. The quantitative estimate of drug-likeness (QED) is 0.935. The number of hydrogen-bond acceptors (Lipinski definition) is 5. The lowest BCUT2D eigenvalue weighted by molar-refractivity contribution is 0.119. The molecule has 1 N–H and O–H groups in total. The summed E-state index contributed by atoms with van der Waals surface area (Å²) in [4.78, 5) is 14.4. The molecule has 1 fully saturated rings. The SMILES string of the molecule is COC(C)c1c(N2CCNCC2)oc(=O)c2ccccc12. The van der Waals surface area contributed by atoms with Gasteiger partial charge in [-0.2, -0.15) is 0 Å². The first-order chi connectivity index (χ1) is 10.2. The van der Waals surface area contributed by atoms with Crippen LogP contribution in [0.25, 0.3) is 10.8 Å². The average molecular weight is 288 g/mol. The first-order valence-corrected chi connectivity index (χ1v) is 7.26. The van der Waals surface area contributed by atoms with Crippen molar-refractivity contribution < 1.29 is 9.15 Å². The van der Waals surface area contributed by atoms with E-state index in [0.29, 0.717) is 11.3 Å². The Morgan fingerprint density at radius 2 is 1.90 bits per heavy atom. The fraction of sp³-hybridized carbons (Fsp3) is 0.438. The number of anilines is 1. The number of hydrogen-bond donors (Lipinski definition) is 1. The van der Waals surface area contributed by atoms with Crippen LogP contribution in [0.1, 0.15) is 18.6 Å². The van der Waals surface area contributed by atoms with E-state index in [9.17, 15) is 4.79 Å². The molecule has 0 saturated carbocycles. The van der Waals surface area contributed by atoms with Gasteiger partial charge in [0.15, 0.2) is 0 Å². The predicted molar refractivity (Wildman–Crippen MR) is 83.0 cm³/mol. The lowest BCUT2D eigenvalue weighted by Gasteiger charge is -2.30. The number of benzene rings is 1. The van der Waals surface area contributed by atoms with E-state index in [-0.39, 0.29) is 11.7 Å². The van der Waals surface area contributed by atoms with Crippen LogP contribution in [0.2, 0.25) is 0 Å². The van der Waals surface area contributed by atoms with E-state index in [1.807, 2.05) is 25.1 Å². The van der Waals surface area contributed by atoms with Crippen LogP contribution in [0.5, 0.6) is 0 Å². The zero-order valence-corrected chi connectivity index (χ0v) is 12.4. The van der Waals surface area contributed by atoms with E-state index >= 15 is 0 Å². The monoisotopic (exact) mass is 288 g/mol. The molecule has 1 atom stereocenters. The second kappa shape index (κ2) is 5.87. The lowest BCUT2D eigenvalue weighted by atomic mass is 10.0. The van der Waals surface area contributed by atoms with Crippen LogP contribution in [0.3, 0.4) is 0 Å². The van der Waals surface area contributed by atoms with Crippen LogP contribution < -0.4 is 15.8 Å². The maximum Gasteiger partial charge on any atom is 0.345 e. The molecule has 0 bridgehead atoms. The number of nitrogens with one attached hydrogen (secondary N) is 1. The Morgan fingerprint density at radius 1 is 1.24 bits per heavy atom. The lowest BCUT2D eigenvalue weighted by Crippen LogP contribution is -2.44. The second-order valence-electron chi connectivity index (χ2n) is 5.27. The molecular formula is C16H20N2O3. The van der Waals surface area contributed by atoms with Gasteiger partial charge in [0, 0.05) is 44.2 Å². The fourth-order valence-electron chi connectivity index (χ4n) is 2.82. The Kier molecular flexibility index (Phi) is 3.94. The number of piperazine rings is 1. The number of rotatable bonds is 3. The molecule has 1 aromatic carbocycles. The van der Waals surface area contributed by atoms with E-state index in [1.165, 1.54) is 0 Å². The largest absolute Gasteiger partial charge is 0.406 e. The highest BCUT2D eigenvalue weighted by Crippen LogP contribution is 2.33. The highest BCUT2D eigenvalue weighted by molar-refractivity contribution is 5.87. The molecule has 1 aliphatic heterocycles.